The van der Waals surface area contributed by atoms with Gasteiger partial charge < -0.3 is 14.6 Å². The minimum absolute atomic E-state index is 0.0856. The molecular weight excluding hydrogens is 457 g/mol. The quantitative estimate of drug-likeness (QED) is 0.498. The van der Waals surface area contributed by atoms with Gasteiger partial charge in [-0.15, -0.1) is 0 Å². The molecule has 0 saturated carbocycles. The maximum Gasteiger partial charge on any atom is 0.416 e. The highest BCUT2D eigenvalue weighted by molar-refractivity contribution is 5.62. The molecule has 3 aromatic rings. The number of halogens is 5. The molecule has 3 heterocycles. The van der Waals surface area contributed by atoms with Crippen molar-refractivity contribution in [2.75, 3.05) is 18.0 Å². The van der Waals surface area contributed by atoms with Crippen LogP contribution in [0.5, 0.6) is 5.75 Å². The van der Waals surface area contributed by atoms with E-state index in [-0.39, 0.29) is 22.7 Å². The molecule has 2 aromatic heterocycles. The van der Waals surface area contributed by atoms with Crippen molar-refractivity contribution in [3.8, 4) is 17.0 Å². The molecule has 33 heavy (non-hydrogen) atoms. The number of anilines is 1. The van der Waals surface area contributed by atoms with Crippen LogP contribution in [0.3, 0.4) is 0 Å². The Balaban J connectivity index is 1.59. The van der Waals surface area contributed by atoms with Crippen LogP contribution in [0.15, 0.2) is 50.9 Å². The van der Waals surface area contributed by atoms with E-state index in [1.54, 1.807) is 0 Å². The van der Waals surface area contributed by atoms with Crippen LogP contribution in [0.1, 0.15) is 5.56 Å². The number of alkyl halides is 5. The summed E-state index contributed by atoms with van der Waals surface area (Å²) >= 11 is 0. The molecule has 1 aliphatic rings. The zero-order valence-electron chi connectivity index (χ0n) is 16.4. The van der Waals surface area contributed by atoms with Gasteiger partial charge in [-0.3, -0.25) is 14.6 Å². The third-order valence-electron chi connectivity index (χ3n) is 4.94. The lowest BCUT2D eigenvalue weighted by molar-refractivity contribution is -0.137. The third-order valence-corrected chi connectivity index (χ3v) is 4.94. The maximum atomic E-state index is 14.6. The Morgan fingerprint density at radius 3 is 2.42 bits per heavy atom. The molecule has 0 amide bonds. The summed E-state index contributed by atoms with van der Waals surface area (Å²) in [6.45, 7) is -1.39. The van der Waals surface area contributed by atoms with Crippen LogP contribution < -0.4 is 26.4 Å². The second-order valence-corrected chi connectivity index (χ2v) is 7.22. The van der Waals surface area contributed by atoms with Crippen molar-refractivity contribution in [2.24, 2.45) is 0 Å². The molecule has 0 unspecified atom stereocenters. The highest BCUT2D eigenvalue weighted by Crippen LogP contribution is 2.35. The number of H-pyrrole nitrogens is 3. The molecule has 1 saturated heterocycles. The minimum Gasteiger partial charge on any atom is -0.482 e. The Labute approximate surface area is 179 Å². The number of hydrogen-bond donors (Lipinski definition) is 3. The Morgan fingerprint density at radius 1 is 1.09 bits per heavy atom. The van der Waals surface area contributed by atoms with Gasteiger partial charge in [0.2, 0.25) is 0 Å². The van der Waals surface area contributed by atoms with Gasteiger partial charge in [-0.1, -0.05) is 0 Å². The van der Waals surface area contributed by atoms with Crippen LogP contribution in [0.25, 0.3) is 11.3 Å². The van der Waals surface area contributed by atoms with Crippen LogP contribution >= 0.6 is 0 Å². The molecule has 0 spiro atoms. The van der Waals surface area contributed by atoms with Crippen molar-refractivity contribution in [1.82, 2.24) is 20.2 Å². The van der Waals surface area contributed by atoms with E-state index in [4.69, 9.17) is 4.74 Å². The molecule has 0 aliphatic carbocycles. The van der Waals surface area contributed by atoms with Crippen molar-refractivity contribution in [3.05, 3.63) is 73.3 Å². The zero-order valence-corrected chi connectivity index (χ0v) is 16.4. The van der Waals surface area contributed by atoms with Crippen LogP contribution in [0, 0.1) is 0 Å². The molecule has 1 aliphatic heterocycles. The van der Waals surface area contributed by atoms with Gasteiger partial charge in [0, 0.05) is 6.20 Å². The summed E-state index contributed by atoms with van der Waals surface area (Å²) < 4.78 is 72.4. The highest BCUT2D eigenvalue weighted by Gasteiger charge is 2.50. The molecule has 0 bridgehead atoms. The average molecular weight is 471 g/mol. The molecular formula is C19H14F5N5O4. The van der Waals surface area contributed by atoms with E-state index in [0.717, 1.165) is 29.3 Å². The number of benzene rings is 1. The molecule has 3 N–H and O–H groups in total. The third kappa shape index (κ3) is 4.49. The number of aromatic nitrogens is 4. The summed E-state index contributed by atoms with van der Waals surface area (Å²) in [4.78, 5) is 40.6. The van der Waals surface area contributed by atoms with Gasteiger partial charge in [-0.25, -0.2) is 18.7 Å². The summed E-state index contributed by atoms with van der Waals surface area (Å²) in [5.41, 5.74) is -3.78. The van der Waals surface area contributed by atoms with Crippen molar-refractivity contribution in [1.29, 1.82) is 0 Å². The Hall–Kier alpha value is -3.97. The fourth-order valence-electron chi connectivity index (χ4n) is 3.32. The first-order valence-electron chi connectivity index (χ1n) is 9.33. The van der Waals surface area contributed by atoms with Crippen molar-refractivity contribution in [2.45, 2.75) is 18.2 Å². The van der Waals surface area contributed by atoms with E-state index < -0.39 is 53.7 Å². The standard InChI is InChI=1S/C19H14F5N5O4/c20-18(21)8-29(7-14(18)33-10-3-1-9(2-4-10)19(22,23)24)13-5-12(27-28-16(13)31)11-6-25-17(32)26-15(11)30/h1-6,14H,7-8H2,(H,28,31)(H2,25,26,30,32)/t14-/m0/s1. The lowest BCUT2D eigenvalue weighted by Gasteiger charge is -2.19. The maximum absolute atomic E-state index is 14.6. The zero-order chi connectivity index (χ0) is 24.0. The minimum atomic E-state index is -4.58. The molecule has 4 rings (SSSR count). The van der Waals surface area contributed by atoms with Crippen molar-refractivity contribution < 1.29 is 26.7 Å². The second-order valence-electron chi connectivity index (χ2n) is 7.22. The summed E-state index contributed by atoms with van der Waals surface area (Å²) in [5, 5.41) is 5.82. The average Bonchev–Trinajstić information content (AvgIpc) is 3.02. The van der Waals surface area contributed by atoms with Gasteiger partial charge in [0.05, 0.1) is 29.9 Å². The number of hydrogen-bond acceptors (Lipinski definition) is 6. The number of aromatic amines is 3. The smallest absolute Gasteiger partial charge is 0.416 e. The fourth-order valence-corrected chi connectivity index (χ4v) is 3.32. The van der Waals surface area contributed by atoms with Crippen LogP contribution in [0.4, 0.5) is 27.6 Å². The first-order chi connectivity index (χ1) is 15.4. The monoisotopic (exact) mass is 471 g/mol. The summed E-state index contributed by atoms with van der Waals surface area (Å²) in [7, 11) is 0. The van der Waals surface area contributed by atoms with Gasteiger partial charge in [-0.2, -0.15) is 18.3 Å². The predicted octanol–water partition coefficient (Wildman–Crippen LogP) is 1.74. The van der Waals surface area contributed by atoms with Gasteiger partial charge in [0.15, 0.2) is 6.10 Å². The normalized spacial score (nSPS) is 17.8. The van der Waals surface area contributed by atoms with E-state index in [2.05, 4.69) is 15.2 Å². The summed E-state index contributed by atoms with van der Waals surface area (Å²) in [6.07, 6.45) is -5.29. The first kappa shape index (κ1) is 22.2. The van der Waals surface area contributed by atoms with E-state index >= 15 is 0 Å². The first-order valence-corrected chi connectivity index (χ1v) is 9.33. The summed E-state index contributed by atoms with van der Waals surface area (Å²) in [6, 6.07) is 4.39. The lowest BCUT2D eigenvalue weighted by Crippen LogP contribution is -2.36. The number of rotatable bonds is 4. The van der Waals surface area contributed by atoms with Crippen molar-refractivity contribution >= 4 is 5.69 Å². The van der Waals surface area contributed by atoms with Gasteiger partial charge >= 0.3 is 17.8 Å². The fraction of sp³-hybridized carbons (Fsp3) is 0.263. The van der Waals surface area contributed by atoms with E-state index in [1.165, 1.54) is 0 Å². The summed E-state index contributed by atoms with van der Waals surface area (Å²) in [5.74, 6) is -3.65. The molecule has 1 aromatic carbocycles. The molecule has 9 nitrogen and oxygen atoms in total. The number of nitrogens with one attached hydrogen (secondary N) is 3. The Morgan fingerprint density at radius 2 is 1.79 bits per heavy atom. The molecule has 1 atom stereocenters. The van der Waals surface area contributed by atoms with E-state index in [9.17, 15) is 36.3 Å². The second kappa shape index (κ2) is 7.86. The van der Waals surface area contributed by atoms with E-state index in [1.807, 2.05) is 4.98 Å². The molecule has 1 fully saturated rings. The largest absolute Gasteiger partial charge is 0.482 e. The molecule has 14 heteroatoms. The van der Waals surface area contributed by atoms with Crippen LogP contribution in [-0.4, -0.2) is 45.3 Å². The van der Waals surface area contributed by atoms with Crippen LogP contribution in [-0.2, 0) is 6.18 Å². The topological polar surface area (TPSA) is 124 Å². The van der Waals surface area contributed by atoms with Gasteiger partial charge in [-0.05, 0) is 30.3 Å². The van der Waals surface area contributed by atoms with Crippen molar-refractivity contribution in [3.63, 3.8) is 0 Å². The van der Waals surface area contributed by atoms with Gasteiger partial charge in [0.25, 0.3) is 11.1 Å². The number of ether oxygens (including phenoxy) is 1. The Bertz CT molecular complexity index is 1350. The Kier molecular flexibility index (Phi) is 5.30. The number of nitrogens with zero attached hydrogens (tertiary/aromatic N) is 2. The van der Waals surface area contributed by atoms with Crippen LogP contribution in [0.2, 0.25) is 0 Å². The molecule has 174 valence electrons. The van der Waals surface area contributed by atoms with Gasteiger partial charge in [0.1, 0.15) is 11.4 Å². The highest BCUT2D eigenvalue weighted by atomic mass is 19.4. The lowest BCUT2D eigenvalue weighted by atomic mass is 10.2. The van der Waals surface area contributed by atoms with E-state index in [0.29, 0.717) is 12.1 Å². The molecule has 0 radical (unpaired) electrons. The predicted molar refractivity (Wildman–Crippen MR) is 105 cm³/mol. The SMILES string of the molecule is O=c1[nH]cc(-c2cc(N3C[C@H](Oc4ccc(C(F)(F)F)cc4)C(F)(F)C3)c(=O)[nH]n2)c(=O)[nH]1.